The Morgan fingerprint density at radius 3 is 2.17 bits per heavy atom. The molecule has 144 valence electrons. The van der Waals surface area contributed by atoms with Crippen molar-refractivity contribution in [3.8, 4) is 0 Å². The van der Waals surface area contributed by atoms with Crippen LogP contribution in [-0.4, -0.2) is 41.1 Å². The maximum absolute atomic E-state index is 11.7. The van der Waals surface area contributed by atoms with Crippen LogP contribution < -0.4 is 0 Å². The Morgan fingerprint density at radius 1 is 1.29 bits per heavy atom. The smallest absolute Gasteiger partial charge is 0.240 e. The largest absolute Gasteiger partial charge is 0.391 e. The Kier molecular flexibility index (Phi) is 9.94. The molecule has 24 heavy (non-hydrogen) atoms. The number of rotatable bonds is 5. The zero-order valence-electron chi connectivity index (χ0n) is 16.4. The number of halogens is 1. The summed E-state index contributed by atoms with van der Waals surface area (Å²) in [5.41, 5.74) is -0.426. The molecule has 0 bridgehead atoms. The van der Waals surface area contributed by atoms with Crippen molar-refractivity contribution >= 4 is 38.7 Å². The molecule has 5 nitrogen and oxygen atoms in total. The zero-order valence-corrected chi connectivity index (χ0v) is 19.4. The first-order valence-electron chi connectivity index (χ1n) is 8.38. The summed E-state index contributed by atoms with van der Waals surface area (Å²) in [6.45, 7) is 16.3. The second-order valence-corrected chi connectivity index (χ2v) is 12.4. The van der Waals surface area contributed by atoms with Gasteiger partial charge < -0.3 is 5.11 Å². The molecule has 0 aromatic rings. The van der Waals surface area contributed by atoms with E-state index < -0.39 is 38.1 Å². The minimum absolute atomic E-state index is 0.0745. The third-order valence-corrected chi connectivity index (χ3v) is 6.91. The topological polar surface area (TPSA) is 70.0 Å². The highest BCUT2D eigenvalue weighted by atomic mass is 127. The Bertz CT molecular complexity index is 448. The van der Waals surface area contributed by atoms with Gasteiger partial charge in [-0.05, 0) is 80.6 Å². The average molecular weight is 474 g/mol. The monoisotopic (exact) mass is 474 g/mol. The molecule has 1 aliphatic heterocycles. The van der Waals surface area contributed by atoms with Crippen LogP contribution in [0.3, 0.4) is 0 Å². The van der Waals surface area contributed by atoms with Crippen molar-refractivity contribution in [3.05, 3.63) is 0 Å². The Hall–Kier alpha value is 0.270. The Balaban J connectivity index is 0.000000922. The van der Waals surface area contributed by atoms with Crippen LogP contribution in [0, 0.1) is 5.92 Å². The molecule has 0 aromatic carbocycles. The number of hydrogen-bond acceptors (Lipinski definition) is 3. The lowest BCUT2D eigenvalue weighted by atomic mass is 9.94. The summed E-state index contributed by atoms with van der Waals surface area (Å²) in [7, 11) is -1.15. The molecule has 2 unspecified atom stereocenters. The molecule has 0 radical (unpaired) electrons. The van der Waals surface area contributed by atoms with Crippen molar-refractivity contribution in [1.29, 1.82) is 0 Å². The van der Waals surface area contributed by atoms with E-state index in [0.717, 1.165) is 25.8 Å². The molecule has 0 aromatic heterocycles. The first kappa shape index (κ1) is 24.3. The Labute approximate surface area is 161 Å². The van der Waals surface area contributed by atoms with Crippen molar-refractivity contribution in [2.45, 2.75) is 90.5 Å². The van der Waals surface area contributed by atoms with Crippen molar-refractivity contribution in [1.82, 2.24) is 3.11 Å². The molecular formula is C17H35IN2O3S. The first-order valence-corrected chi connectivity index (χ1v) is 11.3. The van der Waals surface area contributed by atoms with E-state index in [4.69, 9.17) is 5.11 Å². The zero-order chi connectivity index (χ0) is 19.2. The Morgan fingerprint density at radius 2 is 1.79 bits per heavy atom. The summed E-state index contributed by atoms with van der Waals surface area (Å²) in [5, 5.41) is 8.52. The minimum atomic E-state index is -1.15. The van der Waals surface area contributed by atoms with Crippen LogP contribution in [0.15, 0.2) is 4.40 Å². The molecule has 1 saturated heterocycles. The molecule has 1 rings (SSSR count). The number of nitrogens with zero attached hydrogens (tertiary/aromatic N) is 2. The highest BCUT2D eigenvalue weighted by Crippen LogP contribution is 2.38. The molecule has 0 saturated carbocycles. The van der Waals surface area contributed by atoms with Crippen LogP contribution in [0.4, 0.5) is 0 Å². The lowest BCUT2D eigenvalue weighted by Crippen LogP contribution is -2.29. The maximum Gasteiger partial charge on any atom is 0.240 e. The molecule has 1 heterocycles. The second kappa shape index (κ2) is 9.83. The third-order valence-electron chi connectivity index (χ3n) is 3.34. The second-order valence-electron chi connectivity index (χ2n) is 8.89. The van der Waals surface area contributed by atoms with Gasteiger partial charge in [0.25, 0.3) is 0 Å². The summed E-state index contributed by atoms with van der Waals surface area (Å²) in [6, 6.07) is 0. The summed E-state index contributed by atoms with van der Waals surface area (Å²) in [5.74, 6) is 0.582. The van der Waals surface area contributed by atoms with Gasteiger partial charge in [0, 0.05) is 18.3 Å². The van der Waals surface area contributed by atoms with Gasteiger partial charge in [-0.3, -0.25) is 3.07 Å². The van der Waals surface area contributed by atoms with E-state index in [-0.39, 0.29) is 10.3 Å². The van der Waals surface area contributed by atoms with E-state index >= 15 is 0 Å². The normalized spacial score (nSPS) is 23.1. The summed E-state index contributed by atoms with van der Waals surface area (Å²) >= 11 is -1.06. The quantitative estimate of drug-likeness (QED) is 0.364. The van der Waals surface area contributed by atoms with Crippen molar-refractivity contribution in [2.75, 3.05) is 6.54 Å². The molecule has 1 N–H and O–H groups in total. The van der Waals surface area contributed by atoms with Gasteiger partial charge in [0.1, 0.15) is 11.0 Å². The molecular weight excluding hydrogens is 439 g/mol. The lowest BCUT2D eigenvalue weighted by Gasteiger charge is -2.23. The summed E-state index contributed by atoms with van der Waals surface area (Å²) < 4.78 is 28.9. The highest BCUT2D eigenvalue weighted by molar-refractivity contribution is 14.1. The van der Waals surface area contributed by atoms with E-state index in [1.807, 2.05) is 20.8 Å². The van der Waals surface area contributed by atoms with Crippen LogP contribution in [0.25, 0.3) is 0 Å². The standard InChI is InChI=1S/C13H25IN2O2S.C4H10O/c1-12(2,3)19(18)15-8-6-7-11-9-13(4,5)16(10-11)14-17;1-4(2,3)5/h8,11H,6-7,9-10H2,1-5H3;5H,1-3H3/b15-8+;. The highest BCUT2D eigenvalue weighted by Gasteiger charge is 2.38. The number of aliphatic hydroxyl groups is 1. The van der Waals surface area contributed by atoms with Gasteiger partial charge in [-0.2, -0.15) is 4.40 Å². The van der Waals surface area contributed by atoms with Gasteiger partial charge in [-0.15, -0.1) is 0 Å². The van der Waals surface area contributed by atoms with Crippen LogP contribution in [-0.2, 0) is 14.1 Å². The van der Waals surface area contributed by atoms with Crippen LogP contribution in [0.2, 0.25) is 0 Å². The lowest BCUT2D eigenvalue weighted by molar-refractivity contribution is 0.102. The SMILES string of the molecule is CC(C)(C)O.CC1(C)CC(CC/C=N/S(=O)C(C)(C)C)CN1I=O. The third kappa shape index (κ3) is 11.0. The van der Waals surface area contributed by atoms with Gasteiger partial charge in [0.05, 0.1) is 10.3 Å². The number of hydrogen-bond donors (Lipinski definition) is 1. The average Bonchev–Trinajstić information content (AvgIpc) is 2.65. The van der Waals surface area contributed by atoms with Gasteiger partial charge >= 0.3 is 0 Å². The molecule has 0 spiro atoms. The van der Waals surface area contributed by atoms with Crippen molar-refractivity contribution < 1.29 is 12.4 Å². The van der Waals surface area contributed by atoms with E-state index in [1.165, 1.54) is 0 Å². The fourth-order valence-electron chi connectivity index (χ4n) is 2.25. The maximum atomic E-state index is 11.7. The first-order chi connectivity index (χ1) is 10.7. The van der Waals surface area contributed by atoms with E-state index in [0.29, 0.717) is 5.92 Å². The molecule has 0 aliphatic carbocycles. The van der Waals surface area contributed by atoms with E-state index in [2.05, 4.69) is 21.4 Å². The van der Waals surface area contributed by atoms with Crippen molar-refractivity contribution in [2.24, 2.45) is 10.3 Å². The predicted octanol–water partition coefficient (Wildman–Crippen LogP) is 4.41. The van der Waals surface area contributed by atoms with Crippen LogP contribution in [0.1, 0.15) is 74.7 Å². The van der Waals surface area contributed by atoms with Crippen LogP contribution in [0.5, 0.6) is 0 Å². The molecule has 1 fully saturated rings. The van der Waals surface area contributed by atoms with Gasteiger partial charge in [0.2, 0.25) is 21.5 Å². The summed E-state index contributed by atoms with van der Waals surface area (Å²) in [4.78, 5) is 0. The molecule has 0 amide bonds. The summed E-state index contributed by atoms with van der Waals surface area (Å²) in [6.07, 6.45) is 4.77. The molecule has 2 atom stereocenters. The molecule has 1 aliphatic rings. The fourth-order valence-corrected chi connectivity index (χ4v) is 4.25. The van der Waals surface area contributed by atoms with Crippen LogP contribution >= 0.6 is 21.5 Å². The fraction of sp³-hybridized carbons (Fsp3) is 0.941. The van der Waals surface area contributed by atoms with E-state index in [9.17, 15) is 7.28 Å². The van der Waals surface area contributed by atoms with Gasteiger partial charge in [-0.1, -0.05) is 0 Å². The minimum Gasteiger partial charge on any atom is -0.391 e. The van der Waals surface area contributed by atoms with Gasteiger partial charge in [0.15, 0.2) is 0 Å². The molecule has 7 heteroatoms. The van der Waals surface area contributed by atoms with Gasteiger partial charge in [-0.25, -0.2) is 7.32 Å². The predicted molar refractivity (Wildman–Crippen MR) is 111 cm³/mol. The van der Waals surface area contributed by atoms with E-state index in [1.54, 1.807) is 27.0 Å². The van der Waals surface area contributed by atoms with Crippen molar-refractivity contribution in [3.63, 3.8) is 0 Å².